The van der Waals surface area contributed by atoms with Crippen molar-refractivity contribution in [1.82, 2.24) is 9.78 Å². The zero-order valence-corrected chi connectivity index (χ0v) is 18.3. The first-order chi connectivity index (χ1) is 15.1. The van der Waals surface area contributed by atoms with E-state index in [0.717, 1.165) is 50.6 Å². The summed E-state index contributed by atoms with van der Waals surface area (Å²) in [6.07, 6.45) is 0. The largest absolute Gasteiger partial charge is 0.484 e. The van der Waals surface area contributed by atoms with Gasteiger partial charge < -0.3 is 10.1 Å². The predicted molar refractivity (Wildman–Crippen MR) is 126 cm³/mol. The van der Waals surface area contributed by atoms with Gasteiger partial charge in [0.15, 0.2) is 6.61 Å². The maximum absolute atomic E-state index is 12.8. The van der Waals surface area contributed by atoms with Gasteiger partial charge in [0.1, 0.15) is 11.6 Å². The molecule has 2 heterocycles. The fourth-order valence-corrected chi connectivity index (χ4v) is 4.97. The second kappa shape index (κ2) is 8.12. The van der Waals surface area contributed by atoms with Crippen molar-refractivity contribution in [3.63, 3.8) is 0 Å². The van der Waals surface area contributed by atoms with Crippen molar-refractivity contribution in [2.45, 2.75) is 25.4 Å². The highest BCUT2D eigenvalue weighted by molar-refractivity contribution is 7.98. The van der Waals surface area contributed by atoms with Gasteiger partial charge in [0.05, 0.1) is 11.4 Å². The zero-order chi connectivity index (χ0) is 21.4. The predicted octanol–water partition coefficient (Wildman–Crippen LogP) is 5.41. The summed E-state index contributed by atoms with van der Waals surface area (Å²) in [4.78, 5) is 12.8. The summed E-state index contributed by atoms with van der Waals surface area (Å²) in [5.74, 6) is 2.95. The Morgan fingerprint density at radius 3 is 2.74 bits per heavy atom. The van der Waals surface area contributed by atoms with Crippen molar-refractivity contribution < 1.29 is 9.53 Å². The normalized spacial score (nSPS) is 12.7. The van der Waals surface area contributed by atoms with Gasteiger partial charge in [0.2, 0.25) is 0 Å². The molecule has 1 N–H and O–H groups in total. The summed E-state index contributed by atoms with van der Waals surface area (Å²) >= 11 is 1.81. The van der Waals surface area contributed by atoms with E-state index in [9.17, 15) is 4.79 Å². The number of fused-ring (bicyclic) bond motifs is 2. The van der Waals surface area contributed by atoms with Crippen LogP contribution in [0.15, 0.2) is 60.7 Å². The molecular weight excluding hydrogens is 406 g/mol. The van der Waals surface area contributed by atoms with Crippen LogP contribution in [0.1, 0.15) is 22.4 Å². The number of aryl methyl sites for hydroxylation is 2. The van der Waals surface area contributed by atoms with Crippen molar-refractivity contribution in [1.29, 1.82) is 0 Å². The zero-order valence-electron chi connectivity index (χ0n) is 17.5. The molecule has 0 saturated heterocycles. The highest BCUT2D eigenvalue weighted by Gasteiger charge is 2.25. The average Bonchev–Trinajstić information content (AvgIpc) is 3.35. The summed E-state index contributed by atoms with van der Waals surface area (Å²) < 4.78 is 7.65. The number of carbonyl (C=O) groups is 1. The molecule has 31 heavy (non-hydrogen) atoms. The van der Waals surface area contributed by atoms with E-state index in [1.807, 2.05) is 52.8 Å². The Balaban J connectivity index is 1.37. The lowest BCUT2D eigenvalue weighted by molar-refractivity contribution is -0.118. The molecule has 0 saturated carbocycles. The smallest absolute Gasteiger partial charge is 0.263 e. The van der Waals surface area contributed by atoms with E-state index < -0.39 is 0 Å². The van der Waals surface area contributed by atoms with Crippen LogP contribution in [0.25, 0.3) is 16.5 Å². The van der Waals surface area contributed by atoms with Gasteiger partial charge in [0, 0.05) is 17.1 Å². The maximum atomic E-state index is 12.8. The summed E-state index contributed by atoms with van der Waals surface area (Å²) in [5.41, 5.74) is 5.44. The third kappa shape index (κ3) is 3.91. The lowest BCUT2D eigenvalue weighted by atomic mass is 10.1. The van der Waals surface area contributed by atoms with E-state index >= 15 is 0 Å². The Hall–Kier alpha value is -3.25. The molecule has 0 spiro atoms. The van der Waals surface area contributed by atoms with Crippen LogP contribution in [0.2, 0.25) is 0 Å². The Morgan fingerprint density at radius 1 is 1.06 bits per heavy atom. The second-order valence-electron chi connectivity index (χ2n) is 7.81. The van der Waals surface area contributed by atoms with E-state index in [0.29, 0.717) is 5.75 Å². The molecule has 3 aromatic carbocycles. The highest BCUT2D eigenvalue weighted by atomic mass is 32.2. The number of hydrogen-bond acceptors (Lipinski definition) is 4. The number of aromatic nitrogens is 2. The van der Waals surface area contributed by atoms with Gasteiger partial charge in [-0.3, -0.25) is 4.79 Å². The Morgan fingerprint density at radius 2 is 1.90 bits per heavy atom. The van der Waals surface area contributed by atoms with Crippen LogP contribution in [0.3, 0.4) is 0 Å². The first-order valence-electron chi connectivity index (χ1n) is 10.3. The number of carbonyl (C=O) groups excluding carboxylic acids is 1. The summed E-state index contributed by atoms with van der Waals surface area (Å²) in [7, 11) is 0. The molecule has 5 nitrogen and oxygen atoms in total. The van der Waals surface area contributed by atoms with Crippen molar-refractivity contribution in [3.05, 3.63) is 83.0 Å². The number of ether oxygens (including phenoxy) is 1. The lowest BCUT2D eigenvalue weighted by Crippen LogP contribution is -2.22. The topological polar surface area (TPSA) is 56.2 Å². The minimum absolute atomic E-state index is 0.0572. The van der Waals surface area contributed by atoms with Gasteiger partial charge in [-0.1, -0.05) is 48.0 Å². The molecule has 1 aromatic heterocycles. The minimum Gasteiger partial charge on any atom is -0.484 e. The molecule has 156 valence electrons. The van der Waals surface area contributed by atoms with Crippen LogP contribution < -0.4 is 10.1 Å². The molecule has 0 unspecified atom stereocenters. The second-order valence-corrected chi connectivity index (χ2v) is 8.80. The summed E-state index contributed by atoms with van der Waals surface area (Å²) in [6, 6.07) is 20.2. The van der Waals surface area contributed by atoms with Crippen LogP contribution in [0.5, 0.6) is 5.75 Å². The van der Waals surface area contributed by atoms with Crippen LogP contribution in [0, 0.1) is 13.8 Å². The Kier molecular flexibility index (Phi) is 5.16. The fraction of sp³-hybridized carbons (Fsp3) is 0.200. The van der Waals surface area contributed by atoms with Crippen molar-refractivity contribution in [3.8, 4) is 11.4 Å². The van der Waals surface area contributed by atoms with E-state index in [2.05, 4.69) is 43.4 Å². The first-order valence-corrected chi connectivity index (χ1v) is 11.4. The molecule has 6 heteroatoms. The molecule has 0 atom stereocenters. The van der Waals surface area contributed by atoms with Gasteiger partial charge >= 0.3 is 0 Å². The summed E-state index contributed by atoms with van der Waals surface area (Å²) in [6.45, 7) is 4.08. The van der Waals surface area contributed by atoms with Crippen LogP contribution in [-0.4, -0.2) is 22.3 Å². The molecule has 0 fully saturated rings. The number of anilines is 1. The molecule has 1 aliphatic rings. The first kappa shape index (κ1) is 19.7. The molecule has 1 amide bonds. The van der Waals surface area contributed by atoms with Crippen LogP contribution >= 0.6 is 11.8 Å². The Labute approximate surface area is 185 Å². The molecule has 4 aromatic rings. The van der Waals surface area contributed by atoms with E-state index in [-0.39, 0.29) is 12.5 Å². The van der Waals surface area contributed by atoms with E-state index in [1.165, 1.54) is 5.56 Å². The van der Waals surface area contributed by atoms with E-state index in [4.69, 9.17) is 9.84 Å². The molecule has 5 rings (SSSR count). The molecule has 0 radical (unpaired) electrons. The van der Waals surface area contributed by atoms with Crippen molar-refractivity contribution >= 4 is 34.3 Å². The van der Waals surface area contributed by atoms with Crippen molar-refractivity contribution in [2.24, 2.45) is 0 Å². The SMILES string of the molecule is Cc1ccc(-n2nc3c(c2NC(=O)COc2ccc4ccccc4c2)CSC3)c(C)c1. The van der Waals surface area contributed by atoms with Gasteiger partial charge in [-0.15, -0.1) is 0 Å². The number of rotatable bonds is 5. The van der Waals surface area contributed by atoms with Gasteiger partial charge in [-0.25, -0.2) is 4.68 Å². The molecule has 1 aliphatic heterocycles. The Bertz CT molecular complexity index is 1300. The number of hydrogen-bond donors (Lipinski definition) is 1. The van der Waals surface area contributed by atoms with Gasteiger partial charge in [0.25, 0.3) is 5.91 Å². The standard InChI is InChI=1S/C25H23N3O2S/c1-16-7-10-23(17(2)11-16)28-25(21-14-31-15-22(21)27-28)26-24(29)13-30-20-9-8-18-5-3-4-6-19(18)12-20/h3-12H,13-15H2,1-2H3,(H,26,29). The third-order valence-corrected chi connectivity index (χ3v) is 6.45. The summed E-state index contributed by atoms with van der Waals surface area (Å²) in [5, 5.41) is 10.1. The number of nitrogens with one attached hydrogen (secondary N) is 1. The number of thioether (sulfide) groups is 1. The fourth-order valence-electron chi connectivity index (χ4n) is 3.93. The lowest BCUT2D eigenvalue weighted by Gasteiger charge is -2.14. The quantitative estimate of drug-likeness (QED) is 0.461. The van der Waals surface area contributed by atoms with Crippen LogP contribution in [-0.2, 0) is 16.3 Å². The number of amides is 1. The molecular formula is C25H23N3O2S. The van der Waals surface area contributed by atoms with Crippen LogP contribution in [0.4, 0.5) is 5.82 Å². The monoisotopic (exact) mass is 429 g/mol. The number of nitrogens with zero attached hydrogens (tertiary/aromatic N) is 2. The molecule has 0 aliphatic carbocycles. The minimum atomic E-state index is -0.196. The van der Waals surface area contributed by atoms with Gasteiger partial charge in [-0.05, 0) is 48.4 Å². The third-order valence-electron chi connectivity index (χ3n) is 5.48. The van der Waals surface area contributed by atoms with Crippen molar-refractivity contribution in [2.75, 3.05) is 11.9 Å². The van der Waals surface area contributed by atoms with E-state index in [1.54, 1.807) is 0 Å². The molecule has 0 bridgehead atoms. The number of benzene rings is 3. The highest BCUT2D eigenvalue weighted by Crippen LogP contribution is 2.36. The average molecular weight is 430 g/mol. The van der Waals surface area contributed by atoms with Gasteiger partial charge in [-0.2, -0.15) is 16.9 Å². The maximum Gasteiger partial charge on any atom is 0.263 e.